The molecule has 0 aromatic heterocycles. The van der Waals surface area contributed by atoms with Gasteiger partial charge in [0.15, 0.2) is 0 Å². The smallest absolute Gasteiger partial charge is 0.309 e. The fourth-order valence-corrected chi connectivity index (χ4v) is 2.52. The Bertz CT molecular complexity index is 470. The van der Waals surface area contributed by atoms with Gasteiger partial charge in [-0.25, -0.2) is 0 Å². The minimum absolute atomic E-state index is 0.563. The number of nitrogens with zero attached hydrogens (tertiary/aromatic N) is 1. The maximum atomic E-state index is 11.2. The van der Waals surface area contributed by atoms with Gasteiger partial charge in [0.2, 0.25) is 0 Å². The maximum absolute atomic E-state index is 11.2. The van der Waals surface area contributed by atoms with Crippen LogP contribution in [0.1, 0.15) is 19.8 Å². The second-order valence-electron chi connectivity index (χ2n) is 5.49. The van der Waals surface area contributed by atoms with Crippen LogP contribution in [0.3, 0.4) is 0 Å². The van der Waals surface area contributed by atoms with Crippen molar-refractivity contribution in [3.8, 4) is 5.75 Å². The van der Waals surface area contributed by atoms with Crippen molar-refractivity contribution in [1.82, 2.24) is 4.90 Å². The highest BCUT2D eigenvalue weighted by molar-refractivity contribution is 6.32. The molecule has 0 aliphatic carbocycles. The normalized spacial score (nSPS) is 18.7. The SMILES string of the molecule is CC1(C(=O)O)CCN(CCOc2ccccc2Cl)CC1. The fourth-order valence-electron chi connectivity index (χ4n) is 2.33. The number of aliphatic carboxylic acids is 1. The first-order valence-corrected chi connectivity index (χ1v) is 7.22. The monoisotopic (exact) mass is 297 g/mol. The predicted octanol–water partition coefficient (Wildman–Crippen LogP) is 2.91. The number of likely N-dealkylation sites (tertiary alicyclic amines) is 1. The Morgan fingerprint density at radius 1 is 1.40 bits per heavy atom. The molecule has 0 amide bonds. The summed E-state index contributed by atoms with van der Waals surface area (Å²) in [6.07, 6.45) is 1.38. The van der Waals surface area contributed by atoms with Crippen LogP contribution in [0.4, 0.5) is 0 Å². The van der Waals surface area contributed by atoms with E-state index in [1.165, 1.54) is 0 Å². The number of carboxylic acid groups (broad SMARTS) is 1. The first kappa shape index (κ1) is 15.1. The highest BCUT2D eigenvalue weighted by atomic mass is 35.5. The summed E-state index contributed by atoms with van der Waals surface area (Å²) in [6.45, 7) is 4.78. The molecule has 1 aromatic carbocycles. The van der Waals surface area contributed by atoms with E-state index in [2.05, 4.69) is 4.90 Å². The van der Waals surface area contributed by atoms with E-state index in [-0.39, 0.29) is 0 Å². The van der Waals surface area contributed by atoms with E-state index >= 15 is 0 Å². The maximum Gasteiger partial charge on any atom is 0.309 e. The first-order valence-electron chi connectivity index (χ1n) is 6.84. The van der Waals surface area contributed by atoms with Crippen LogP contribution >= 0.6 is 11.6 Å². The fraction of sp³-hybridized carbons (Fsp3) is 0.533. The van der Waals surface area contributed by atoms with E-state index in [4.69, 9.17) is 16.3 Å². The van der Waals surface area contributed by atoms with Gasteiger partial charge in [0.05, 0.1) is 10.4 Å². The molecule has 0 spiro atoms. The number of benzene rings is 1. The van der Waals surface area contributed by atoms with Crippen molar-refractivity contribution in [1.29, 1.82) is 0 Å². The molecule has 110 valence electrons. The van der Waals surface area contributed by atoms with Crippen LogP contribution in [0.2, 0.25) is 5.02 Å². The summed E-state index contributed by atoms with van der Waals surface area (Å²) in [5.74, 6) is 0.00557. The standard InChI is InChI=1S/C15H20ClNO3/c1-15(14(18)19)6-8-17(9-7-15)10-11-20-13-5-3-2-4-12(13)16/h2-5H,6-11H2,1H3,(H,18,19). The van der Waals surface area contributed by atoms with Crippen molar-refractivity contribution in [3.05, 3.63) is 29.3 Å². The van der Waals surface area contributed by atoms with Crippen LogP contribution in [-0.2, 0) is 4.79 Å². The van der Waals surface area contributed by atoms with Crippen LogP contribution in [0.15, 0.2) is 24.3 Å². The van der Waals surface area contributed by atoms with Crippen LogP contribution in [0.5, 0.6) is 5.75 Å². The molecule has 2 rings (SSSR count). The first-order chi connectivity index (χ1) is 9.51. The summed E-state index contributed by atoms with van der Waals surface area (Å²) in [4.78, 5) is 13.4. The number of rotatable bonds is 5. The van der Waals surface area contributed by atoms with E-state index in [1.54, 1.807) is 6.07 Å². The molecule has 1 heterocycles. The van der Waals surface area contributed by atoms with Crippen molar-refractivity contribution in [2.45, 2.75) is 19.8 Å². The second-order valence-corrected chi connectivity index (χ2v) is 5.89. The molecule has 1 aliphatic heterocycles. The summed E-state index contributed by atoms with van der Waals surface area (Å²) < 4.78 is 5.65. The van der Waals surface area contributed by atoms with Crippen molar-refractivity contribution < 1.29 is 14.6 Å². The number of hydrogen-bond acceptors (Lipinski definition) is 3. The molecule has 1 N–H and O–H groups in total. The summed E-state index contributed by atoms with van der Waals surface area (Å²) in [7, 11) is 0. The molecule has 1 fully saturated rings. The van der Waals surface area contributed by atoms with Gasteiger partial charge in [0.25, 0.3) is 0 Å². The van der Waals surface area contributed by atoms with Gasteiger partial charge in [0, 0.05) is 6.54 Å². The molecule has 5 heteroatoms. The number of carbonyl (C=O) groups is 1. The van der Waals surface area contributed by atoms with Crippen molar-refractivity contribution >= 4 is 17.6 Å². The summed E-state index contributed by atoms with van der Waals surface area (Å²) >= 11 is 6.01. The lowest BCUT2D eigenvalue weighted by molar-refractivity contribution is -0.150. The Morgan fingerprint density at radius 3 is 2.65 bits per heavy atom. The van der Waals surface area contributed by atoms with Gasteiger partial charge in [-0.05, 0) is 45.0 Å². The van der Waals surface area contributed by atoms with Crippen LogP contribution in [0, 0.1) is 5.41 Å². The zero-order valence-electron chi connectivity index (χ0n) is 11.6. The number of ether oxygens (including phenoxy) is 1. The van der Waals surface area contributed by atoms with E-state index < -0.39 is 11.4 Å². The largest absolute Gasteiger partial charge is 0.491 e. The van der Waals surface area contributed by atoms with E-state index in [9.17, 15) is 9.90 Å². The minimum Gasteiger partial charge on any atom is -0.491 e. The van der Waals surface area contributed by atoms with Gasteiger partial charge in [-0.15, -0.1) is 0 Å². The lowest BCUT2D eigenvalue weighted by atomic mass is 9.80. The second kappa shape index (κ2) is 6.46. The van der Waals surface area contributed by atoms with Gasteiger partial charge in [0.1, 0.15) is 12.4 Å². The average Bonchev–Trinajstić information content (AvgIpc) is 2.43. The van der Waals surface area contributed by atoms with E-state index in [1.807, 2.05) is 25.1 Å². The molecular formula is C15H20ClNO3. The lowest BCUT2D eigenvalue weighted by Crippen LogP contribution is -2.43. The molecule has 4 nitrogen and oxygen atoms in total. The Labute approximate surface area is 124 Å². The third kappa shape index (κ3) is 3.64. The topological polar surface area (TPSA) is 49.8 Å². The number of para-hydroxylation sites is 1. The third-order valence-corrected chi connectivity index (χ3v) is 4.29. The minimum atomic E-state index is -0.690. The highest BCUT2D eigenvalue weighted by Gasteiger charge is 2.36. The zero-order chi connectivity index (χ0) is 14.6. The van der Waals surface area contributed by atoms with Gasteiger partial charge in [-0.3, -0.25) is 9.69 Å². The summed E-state index contributed by atoms with van der Waals surface area (Å²) in [5, 5.41) is 9.80. The van der Waals surface area contributed by atoms with Gasteiger partial charge in [-0.1, -0.05) is 23.7 Å². The Morgan fingerprint density at radius 2 is 2.05 bits per heavy atom. The Kier molecular flexibility index (Phi) is 4.89. The lowest BCUT2D eigenvalue weighted by Gasteiger charge is -2.36. The highest BCUT2D eigenvalue weighted by Crippen LogP contribution is 2.31. The molecule has 1 aliphatic rings. The molecule has 0 unspecified atom stereocenters. The van der Waals surface area contributed by atoms with E-state index in [0.717, 1.165) is 19.6 Å². The Balaban J connectivity index is 1.74. The molecular weight excluding hydrogens is 278 g/mol. The number of hydrogen-bond donors (Lipinski definition) is 1. The number of halogens is 1. The van der Waals surface area contributed by atoms with Crippen LogP contribution in [0.25, 0.3) is 0 Å². The molecule has 0 radical (unpaired) electrons. The van der Waals surface area contributed by atoms with Gasteiger partial charge in [-0.2, -0.15) is 0 Å². The quantitative estimate of drug-likeness (QED) is 0.908. The average molecular weight is 298 g/mol. The van der Waals surface area contributed by atoms with Crippen molar-refractivity contribution in [2.24, 2.45) is 5.41 Å². The van der Waals surface area contributed by atoms with Gasteiger partial charge < -0.3 is 9.84 Å². The third-order valence-electron chi connectivity index (χ3n) is 3.98. The number of carboxylic acids is 1. The zero-order valence-corrected chi connectivity index (χ0v) is 12.4. The number of piperidine rings is 1. The van der Waals surface area contributed by atoms with Crippen molar-refractivity contribution in [3.63, 3.8) is 0 Å². The molecule has 0 bridgehead atoms. The molecule has 20 heavy (non-hydrogen) atoms. The van der Waals surface area contributed by atoms with Crippen LogP contribution < -0.4 is 4.74 Å². The molecule has 0 saturated carbocycles. The summed E-state index contributed by atoms with van der Waals surface area (Å²) in [6, 6.07) is 7.41. The molecule has 1 saturated heterocycles. The Hall–Kier alpha value is -1.26. The summed E-state index contributed by atoms with van der Waals surface area (Å²) in [5.41, 5.74) is -0.569. The molecule has 0 atom stereocenters. The predicted molar refractivity (Wildman–Crippen MR) is 78.4 cm³/mol. The molecule has 1 aromatic rings. The van der Waals surface area contributed by atoms with Crippen LogP contribution in [-0.4, -0.2) is 42.2 Å². The van der Waals surface area contributed by atoms with Crippen molar-refractivity contribution in [2.75, 3.05) is 26.2 Å². The van der Waals surface area contributed by atoms with Gasteiger partial charge >= 0.3 is 5.97 Å². The van der Waals surface area contributed by atoms with E-state index in [0.29, 0.717) is 30.2 Å².